The maximum atomic E-state index is 12.9. The summed E-state index contributed by atoms with van der Waals surface area (Å²) in [4.78, 5) is 17.5. The van der Waals surface area contributed by atoms with Crippen LogP contribution < -0.4 is 94.0 Å². The molecule has 0 saturated carbocycles. The van der Waals surface area contributed by atoms with Gasteiger partial charge in [0, 0.05) is 17.5 Å². The molecule has 0 heterocycles. The molecule has 0 radical (unpaired) electrons. The molecule has 0 unspecified atom stereocenters. The molecule has 17 nitrogen and oxygen atoms in total. The van der Waals surface area contributed by atoms with Gasteiger partial charge >= 0.3 is 88.7 Å². The van der Waals surface area contributed by atoms with Gasteiger partial charge in [-0.05, 0) is 35.7 Å². The van der Waals surface area contributed by atoms with Crippen molar-refractivity contribution in [1.82, 2.24) is 0 Å². The Bertz CT molecular complexity index is 1990. The van der Waals surface area contributed by atoms with Crippen molar-refractivity contribution >= 4 is 68.5 Å². The number of anilines is 1. The Morgan fingerprint density at radius 3 is 1.63 bits per heavy atom. The van der Waals surface area contributed by atoms with Gasteiger partial charge in [-0.1, -0.05) is 0 Å². The maximum Gasteiger partial charge on any atom is 1.00 e. The van der Waals surface area contributed by atoms with Gasteiger partial charge in [0.1, 0.15) is 35.2 Å². The van der Waals surface area contributed by atoms with E-state index >= 15 is 0 Å². The molecule has 0 fully saturated rings. The van der Waals surface area contributed by atoms with Crippen molar-refractivity contribution in [2.75, 3.05) is 5.32 Å². The Kier molecular flexibility index (Phi) is 13.8. The molecule has 3 rings (SSSR count). The molecular formula is C17H9N2Na3O15S4. The summed E-state index contributed by atoms with van der Waals surface area (Å²) >= 11 is 0. The van der Waals surface area contributed by atoms with E-state index in [4.69, 9.17) is 0 Å². The van der Waals surface area contributed by atoms with Gasteiger partial charge in [0.2, 0.25) is 0 Å². The molecule has 0 bridgehead atoms. The number of benzene rings is 3. The molecular weight excluding hydrogens is 669 g/mol. The van der Waals surface area contributed by atoms with Gasteiger partial charge in [0.05, 0.1) is 30.9 Å². The molecule has 0 aliphatic carbocycles. The number of nitrogens with one attached hydrogen (secondary N) is 1. The van der Waals surface area contributed by atoms with Crippen molar-refractivity contribution in [3.05, 3.63) is 58.1 Å². The van der Waals surface area contributed by atoms with Crippen LogP contribution in [0.2, 0.25) is 0 Å². The second-order valence-electron chi connectivity index (χ2n) is 7.22. The van der Waals surface area contributed by atoms with E-state index in [0.717, 1.165) is 0 Å². The normalized spacial score (nSPS) is 11.9. The number of nitrogens with zero attached hydrogens (tertiary/aromatic N) is 1. The van der Waals surface area contributed by atoms with Crippen molar-refractivity contribution in [3.8, 4) is 0 Å². The van der Waals surface area contributed by atoms with Crippen LogP contribution >= 0.6 is 0 Å². The SMILES string of the molecule is O=C(Nc1cc(S(=O)(=O)[O-])cc2cc(S(=O)(=O)[O-])cc(S(=O)(=O)[O-])c12)c1ccc([N+](=O)[O-])cc1S(=O)(=O)O.[Na+].[Na+].[Na+]. The van der Waals surface area contributed by atoms with Crippen molar-refractivity contribution in [3.63, 3.8) is 0 Å². The smallest absolute Gasteiger partial charge is 0.744 e. The quantitative estimate of drug-likeness (QED) is 0.101. The Hall–Kier alpha value is -0.570. The number of hydrogen-bond donors (Lipinski definition) is 2. The van der Waals surface area contributed by atoms with Crippen LogP contribution in [-0.2, 0) is 40.5 Å². The van der Waals surface area contributed by atoms with E-state index in [1.807, 2.05) is 5.32 Å². The number of nitro benzene ring substituents is 1. The number of carbonyl (C=O) groups excluding carboxylic acids is 1. The fourth-order valence-corrected chi connectivity index (χ4v) is 5.82. The molecule has 3 aromatic carbocycles. The van der Waals surface area contributed by atoms with Gasteiger partial charge in [-0.2, -0.15) is 8.42 Å². The van der Waals surface area contributed by atoms with Gasteiger partial charge in [-0.25, -0.2) is 25.3 Å². The van der Waals surface area contributed by atoms with Gasteiger partial charge in [-0.3, -0.25) is 19.5 Å². The first-order valence-corrected chi connectivity index (χ1v) is 14.8. The molecule has 0 atom stereocenters. The van der Waals surface area contributed by atoms with Crippen LogP contribution in [0.1, 0.15) is 10.4 Å². The number of hydrogen-bond acceptors (Lipinski definition) is 14. The molecule has 0 aliphatic heterocycles. The molecule has 24 heteroatoms. The third-order valence-corrected chi connectivity index (χ3v) is 8.13. The van der Waals surface area contributed by atoms with Gasteiger partial charge in [0.15, 0.2) is 0 Å². The third-order valence-electron chi connectivity index (χ3n) is 4.75. The van der Waals surface area contributed by atoms with Crippen LogP contribution in [0.5, 0.6) is 0 Å². The van der Waals surface area contributed by atoms with Crippen LogP contribution in [0.3, 0.4) is 0 Å². The molecule has 3 aromatic rings. The number of fused-ring (bicyclic) bond motifs is 1. The summed E-state index contributed by atoms with van der Waals surface area (Å²) in [5.41, 5.74) is -2.84. The van der Waals surface area contributed by atoms with Crippen LogP contribution in [0, 0.1) is 10.1 Å². The average Bonchev–Trinajstić information content (AvgIpc) is 2.75. The zero-order chi connectivity index (χ0) is 29.0. The van der Waals surface area contributed by atoms with E-state index in [-0.39, 0.29) is 94.7 Å². The second-order valence-corrected chi connectivity index (χ2v) is 12.7. The molecule has 204 valence electrons. The fourth-order valence-electron chi connectivity index (χ4n) is 3.22. The first-order chi connectivity index (χ1) is 17.1. The number of nitro groups is 1. The number of carbonyl (C=O) groups is 1. The largest absolute Gasteiger partial charge is 1.00 e. The van der Waals surface area contributed by atoms with Crippen LogP contribution in [0.15, 0.2) is 62.0 Å². The number of non-ortho nitro benzene ring substituents is 1. The molecule has 0 aromatic heterocycles. The zero-order valence-electron chi connectivity index (χ0n) is 20.8. The van der Waals surface area contributed by atoms with E-state index in [9.17, 15) is 66.8 Å². The van der Waals surface area contributed by atoms with Crippen LogP contribution in [0.4, 0.5) is 11.4 Å². The summed E-state index contributed by atoms with van der Waals surface area (Å²) in [7, 11) is -21.9. The van der Waals surface area contributed by atoms with Crippen molar-refractivity contribution < 1.29 is 150 Å². The molecule has 0 spiro atoms. The monoisotopic (exact) mass is 678 g/mol. The second kappa shape index (κ2) is 14.0. The van der Waals surface area contributed by atoms with E-state index in [0.29, 0.717) is 36.4 Å². The summed E-state index contributed by atoms with van der Waals surface area (Å²) in [5, 5.41) is 11.1. The minimum Gasteiger partial charge on any atom is -0.744 e. The van der Waals surface area contributed by atoms with E-state index in [1.165, 1.54) is 0 Å². The van der Waals surface area contributed by atoms with E-state index in [2.05, 4.69) is 0 Å². The molecule has 0 saturated heterocycles. The standard InChI is InChI=1S/C17H12N2O15S4.3Na/c20-17(12-2-1-9(19(21)22)5-14(12)37(29,30)31)18-13-6-10(35(23,24)25)3-8-4-11(36(26,27)28)7-15(16(8)13)38(32,33)34;;;/h1-7H,(H,18,20)(H,23,24,25)(H,26,27,28)(H,29,30,31)(H,32,33,34);;;/q;3*+1/p-3. The minimum atomic E-state index is -5.67. The topological polar surface area (TPSA) is 298 Å². The first-order valence-electron chi connectivity index (χ1n) is 9.17. The van der Waals surface area contributed by atoms with Gasteiger partial charge in [0.25, 0.3) is 21.7 Å². The Balaban J connectivity index is 0.00000533. The van der Waals surface area contributed by atoms with E-state index in [1.54, 1.807) is 0 Å². The number of rotatable bonds is 7. The molecule has 0 aliphatic rings. The van der Waals surface area contributed by atoms with Gasteiger partial charge in [-0.15, -0.1) is 0 Å². The predicted octanol–water partition coefficient (Wildman–Crippen LogP) is -9.03. The van der Waals surface area contributed by atoms with Crippen LogP contribution in [0.25, 0.3) is 10.8 Å². The summed E-state index contributed by atoms with van der Waals surface area (Å²) in [6, 6.07) is 2.77. The molecule has 1 amide bonds. The van der Waals surface area contributed by atoms with Crippen molar-refractivity contribution in [2.24, 2.45) is 0 Å². The Morgan fingerprint density at radius 1 is 0.732 bits per heavy atom. The summed E-state index contributed by atoms with van der Waals surface area (Å²) < 4.78 is 138. The summed E-state index contributed by atoms with van der Waals surface area (Å²) in [6.45, 7) is 0. The van der Waals surface area contributed by atoms with Gasteiger partial charge < -0.3 is 19.0 Å². The predicted molar refractivity (Wildman–Crippen MR) is 119 cm³/mol. The molecule has 2 N–H and O–H groups in total. The first kappa shape index (κ1) is 40.4. The number of amides is 1. The zero-order valence-corrected chi connectivity index (χ0v) is 30.1. The van der Waals surface area contributed by atoms with Crippen LogP contribution in [-0.4, -0.2) is 62.7 Å². The third kappa shape index (κ3) is 9.46. The molecule has 41 heavy (non-hydrogen) atoms. The summed E-state index contributed by atoms with van der Waals surface area (Å²) in [5.74, 6) is -1.58. The minimum absolute atomic E-state index is 0. The Morgan fingerprint density at radius 2 is 1.22 bits per heavy atom. The average molecular weight is 678 g/mol. The fraction of sp³-hybridized carbons (Fsp3) is 0. The summed E-state index contributed by atoms with van der Waals surface area (Å²) in [6.07, 6.45) is 0. The Labute approximate surface area is 298 Å². The van der Waals surface area contributed by atoms with E-state index < -0.39 is 98.6 Å². The van der Waals surface area contributed by atoms with Crippen molar-refractivity contribution in [1.29, 1.82) is 0 Å². The maximum absolute atomic E-state index is 12.9. The van der Waals surface area contributed by atoms with Crippen molar-refractivity contribution in [2.45, 2.75) is 19.6 Å².